The Morgan fingerprint density at radius 1 is 0.769 bits per heavy atom. The van der Waals surface area contributed by atoms with Crippen molar-refractivity contribution in [3.63, 3.8) is 0 Å². The van der Waals surface area contributed by atoms with E-state index in [1.807, 2.05) is 0 Å². The molecule has 0 fully saturated rings. The van der Waals surface area contributed by atoms with Crippen LogP contribution in [0.4, 0.5) is 0 Å². The molecule has 0 aromatic rings. The van der Waals surface area contributed by atoms with Crippen molar-refractivity contribution in [3.05, 3.63) is 24.6 Å². The van der Waals surface area contributed by atoms with Gasteiger partial charge in [-0.05, 0) is 13.8 Å². The summed E-state index contributed by atoms with van der Waals surface area (Å²) >= 11 is 0. The average molecular weight is 289 g/mol. The van der Waals surface area contributed by atoms with Crippen LogP contribution in [0.3, 0.4) is 0 Å². The van der Waals surface area contributed by atoms with Crippen LogP contribution < -0.4 is 10.2 Å². The second kappa shape index (κ2) is 42.1. The van der Waals surface area contributed by atoms with Gasteiger partial charge in [-0.25, -0.2) is 0 Å². The topological polar surface area (TPSA) is 214 Å². The van der Waals surface area contributed by atoms with Gasteiger partial charge in [0.15, 0.2) is 0 Å². The molecule has 0 rings (SSSR count). The number of nitrogens with two attached hydrogens (primary N) is 4. The van der Waals surface area contributed by atoms with Crippen molar-refractivity contribution < 1.29 is 40.2 Å². The third-order valence-electron chi connectivity index (χ3n) is 0. The molecule has 0 aromatic carbocycles. The van der Waals surface area contributed by atoms with Gasteiger partial charge in [0.05, 0.1) is 0 Å². The summed E-state index contributed by atoms with van der Waals surface area (Å²) in [5.74, 6) is -2.17. The molecule has 0 saturated heterocycles. The maximum Gasteiger partial charge on any atom is 2.00 e. The smallest absolute Gasteiger partial charge is 0.693 e. The van der Waals surface area contributed by atoms with Gasteiger partial charge in [-0.2, -0.15) is 0 Å². The summed E-state index contributed by atoms with van der Waals surface area (Å²) < 4.78 is 0. The number of carboxylic acid groups (broad SMARTS) is 2. The van der Waals surface area contributed by atoms with Gasteiger partial charge in [0.2, 0.25) is 0 Å². The second-order valence-corrected chi connectivity index (χ2v) is 0.983. The Balaban J connectivity index is -0.00000000800. The van der Waals surface area contributed by atoms with Crippen LogP contribution in [-0.4, -0.2) is 11.9 Å². The Morgan fingerprint density at radius 3 is 0.769 bits per heavy atom. The third kappa shape index (κ3) is 3280. The van der Waals surface area contributed by atoms with Crippen molar-refractivity contribution in [2.24, 2.45) is 0 Å². The van der Waals surface area contributed by atoms with E-state index < -0.39 is 11.9 Å². The number of aliphatic carboxylic acids is 2. The minimum Gasteiger partial charge on any atom is -0.693 e. The summed E-state index contributed by atoms with van der Waals surface area (Å²) in [7, 11) is 0. The zero-order chi connectivity index (χ0) is 7.15. The first-order chi connectivity index (χ1) is 3.46. The van der Waals surface area contributed by atoms with Crippen LogP contribution >= 0.6 is 0 Å². The number of carboxylic acids is 2. The Hall–Kier alpha value is -0.558. The minimum absolute atomic E-state index is 0. The fourth-order valence-corrected chi connectivity index (χ4v) is 0. The van der Waals surface area contributed by atoms with Crippen LogP contribution in [0.15, 0.2) is 0 Å². The van der Waals surface area contributed by atoms with Gasteiger partial charge >= 0.3 is 20.4 Å². The molecular weight excluding hydrogens is 274 g/mol. The van der Waals surface area contributed by atoms with E-state index in [9.17, 15) is 0 Å². The monoisotopic (exact) mass is 288 g/mol. The average Bonchev–Trinajstić information content (AvgIpc) is 1.25. The van der Waals surface area contributed by atoms with Gasteiger partial charge in [-0.15, -0.1) is 0 Å². The second-order valence-electron chi connectivity index (χ2n) is 0.983. The van der Waals surface area contributed by atoms with Crippen LogP contribution in [0.1, 0.15) is 13.8 Å². The number of carbonyl (C=O) groups excluding carboxylic acids is 2. The molecule has 0 saturated carbocycles. The number of carbonyl (C=O) groups is 2. The Bertz CT molecular complexity index is 82.1. The number of hydrogen-bond donors (Lipinski definition) is 0. The molecule has 0 aliphatic heterocycles. The molecule has 0 aromatic heterocycles. The maximum atomic E-state index is 8.89. The largest absolute Gasteiger partial charge is 2.00 e. The van der Waals surface area contributed by atoms with E-state index in [0.717, 1.165) is 13.8 Å². The predicted octanol–water partition coefficient (Wildman–Crippen LogP) is 0.378. The molecule has 88 valence electrons. The maximum absolute atomic E-state index is 8.89. The van der Waals surface area contributed by atoms with Crippen LogP contribution in [0.2, 0.25) is 0 Å². The molecule has 0 bridgehead atoms. The molecule has 0 amide bonds. The molecule has 8 nitrogen and oxygen atoms in total. The minimum atomic E-state index is -1.08. The first-order valence-electron chi connectivity index (χ1n) is 1.82. The van der Waals surface area contributed by atoms with Crippen molar-refractivity contribution in [3.8, 4) is 0 Å². The summed E-state index contributed by atoms with van der Waals surface area (Å²) in [6, 6.07) is 0. The Morgan fingerprint density at radius 2 is 0.769 bits per heavy atom. The molecule has 9 heteroatoms. The zero-order valence-electron chi connectivity index (χ0n) is 7.26. The van der Waals surface area contributed by atoms with Gasteiger partial charge in [0.1, 0.15) is 0 Å². The van der Waals surface area contributed by atoms with Crippen molar-refractivity contribution in [1.29, 1.82) is 0 Å². The first-order valence-corrected chi connectivity index (χ1v) is 1.82. The molecule has 8 N–H and O–H groups in total. The fourth-order valence-electron chi connectivity index (χ4n) is 0. The molecule has 0 heterocycles. The zero-order valence-corrected chi connectivity index (χ0v) is 8.81. The Kier molecular flexibility index (Phi) is 178. The van der Waals surface area contributed by atoms with E-state index >= 15 is 0 Å². The number of rotatable bonds is 0. The molecule has 0 aliphatic rings. The summed E-state index contributed by atoms with van der Waals surface area (Å²) in [6.45, 7) is 1.94. The van der Waals surface area contributed by atoms with Gasteiger partial charge in [0, 0.05) is 11.9 Å². The number of hydrogen-bond acceptors (Lipinski definition) is 4. The van der Waals surface area contributed by atoms with E-state index in [1.165, 1.54) is 0 Å². The van der Waals surface area contributed by atoms with Crippen LogP contribution in [-0.2, 0) is 30.0 Å². The van der Waals surface area contributed by atoms with Crippen molar-refractivity contribution in [2.75, 3.05) is 0 Å². The summed E-state index contributed by atoms with van der Waals surface area (Å²) in [4.78, 5) is 17.8. The van der Waals surface area contributed by atoms with Crippen LogP contribution in [0.5, 0.6) is 0 Å². The van der Waals surface area contributed by atoms with E-state index in [4.69, 9.17) is 19.8 Å². The van der Waals surface area contributed by atoms with Gasteiger partial charge < -0.3 is 44.4 Å². The molecular formula is C4H14N4O4Pd-4. The molecule has 0 spiro atoms. The standard InChI is InChI=1S/2C2H4O2.4H2N.Pd/c2*1-2(3)4;;;;;/h2*1H3,(H,3,4);4*1H2;/q;;4*-1;+2/p-2. The quantitative estimate of drug-likeness (QED) is 0.577. The summed E-state index contributed by atoms with van der Waals surface area (Å²) in [6.07, 6.45) is 0. The van der Waals surface area contributed by atoms with E-state index in [1.54, 1.807) is 0 Å². The SMILES string of the molecule is CC(=O)[O-].CC(=O)[O-].[NH2-].[NH2-].[NH2-].[NH2-].[Pd+2]. The fraction of sp³-hybridized carbons (Fsp3) is 0.500. The molecule has 0 unspecified atom stereocenters. The van der Waals surface area contributed by atoms with Gasteiger partial charge in [-0.1, -0.05) is 0 Å². The van der Waals surface area contributed by atoms with E-state index in [2.05, 4.69) is 0 Å². The molecule has 13 heavy (non-hydrogen) atoms. The van der Waals surface area contributed by atoms with Gasteiger partial charge in [-0.3, -0.25) is 0 Å². The Labute approximate surface area is 91.1 Å². The van der Waals surface area contributed by atoms with Crippen LogP contribution in [0, 0.1) is 0 Å². The van der Waals surface area contributed by atoms with E-state index in [0.29, 0.717) is 0 Å². The third-order valence-corrected chi connectivity index (χ3v) is 0. The molecule has 0 aliphatic carbocycles. The summed E-state index contributed by atoms with van der Waals surface area (Å²) in [5, 5.41) is 17.8. The van der Waals surface area contributed by atoms with Gasteiger partial charge in [0.25, 0.3) is 0 Å². The summed E-state index contributed by atoms with van der Waals surface area (Å²) in [5.41, 5.74) is 0. The van der Waals surface area contributed by atoms with Crippen molar-refractivity contribution in [2.45, 2.75) is 13.8 Å². The first kappa shape index (κ1) is 55.0. The predicted molar refractivity (Wildman–Crippen MR) is 42.5 cm³/mol. The molecule has 0 atom stereocenters. The van der Waals surface area contributed by atoms with E-state index in [-0.39, 0.29) is 45.0 Å². The normalized spacial score (nSPS) is 3.85. The van der Waals surface area contributed by atoms with Crippen molar-refractivity contribution in [1.82, 2.24) is 0 Å². The van der Waals surface area contributed by atoms with Crippen LogP contribution in [0.25, 0.3) is 24.6 Å². The molecule has 0 radical (unpaired) electrons. The van der Waals surface area contributed by atoms with Crippen molar-refractivity contribution >= 4 is 11.9 Å².